The van der Waals surface area contributed by atoms with Crippen LogP contribution in [0.2, 0.25) is 0 Å². The van der Waals surface area contributed by atoms with E-state index in [0.717, 1.165) is 4.31 Å². The van der Waals surface area contributed by atoms with Gasteiger partial charge in [0.2, 0.25) is 15.9 Å². The molecule has 9 nitrogen and oxygen atoms in total. The molecule has 10 heteroatoms. The second-order valence-corrected chi connectivity index (χ2v) is 8.26. The molecule has 0 aliphatic heterocycles. The van der Waals surface area contributed by atoms with Gasteiger partial charge in [0.05, 0.1) is 12.0 Å². The maximum absolute atomic E-state index is 12.6. The van der Waals surface area contributed by atoms with Crippen molar-refractivity contribution in [3.63, 3.8) is 0 Å². The van der Waals surface area contributed by atoms with E-state index in [2.05, 4.69) is 5.32 Å². The Morgan fingerprint density at radius 2 is 1.57 bits per heavy atom. The van der Waals surface area contributed by atoms with Gasteiger partial charge in [-0.25, -0.2) is 8.42 Å². The largest absolute Gasteiger partial charge is 0.497 e. The van der Waals surface area contributed by atoms with Gasteiger partial charge in [-0.05, 0) is 48.5 Å². The molecule has 2 aromatic rings. The molecule has 1 N–H and O–H groups in total. The summed E-state index contributed by atoms with van der Waals surface area (Å²) >= 11 is 0. The summed E-state index contributed by atoms with van der Waals surface area (Å²) in [6, 6.07) is 12.6. The Morgan fingerprint density at radius 1 is 0.967 bits per heavy atom. The van der Waals surface area contributed by atoms with Crippen LogP contribution in [-0.4, -0.2) is 58.5 Å². The number of carbonyl (C=O) groups is 2. The van der Waals surface area contributed by atoms with Gasteiger partial charge in [-0.1, -0.05) is 0 Å². The molecule has 162 valence electrons. The summed E-state index contributed by atoms with van der Waals surface area (Å²) in [4.78, 5) is 23.0. The lowest BCUT2D eigenvalue weighted by atomic mass is 10.3. The van der Waals surface area contributed by atoms with Crippen LogP contribution in [-0.2, 0) is 24.3 Å². The number of methoxy groups -OCH3 is 1. The SMILES string of the molecule is COc1ccc(OCCOC(=O)CN(C)S(=O)(=O)c2ccc(NC(C)=O)cc2)cc1. The van der Waals surface area contributed by atoms with Crippen molar-refractivity contribution in [2.24, 2.45) is 0 Å². The van der Waals surface area contributed by atoms with Gasteiger partial charge in [0.15, 0.2) is 0 Å². The van der Waals surface area contributed by atoms with Gasteiger partial charge in [-0.2, -0.15) is 4.31 Å². The summed E-state index contributed by atoms with van der Waals surface area (Å²) in [5, 5.41) is 2.55. The second-order valence-electron chi connectivity index (χ2n) is 6.21. The van der Waals surface area contributed by atoms with E-state index in [4.69, 9.17) is 14.2 Å². The van der Waals surface area contributed by atoms with Gasteiger partial charge in [-0.3, -0.25) is 9.59 Å². The number of hydrogen-bond acceptors (Lipinski definition) is 7. The van der Waals surface area contributed by atoms with Crippen molar-refractivity contribution in [3.05, 3.63) is 48.5 Å². The Hall–Kier alpha value is -3.11. The highest BCUT2D eigenvalue weighted by Crippen LogP contribution is 2.18. The van der Waals surface area contributed by atoms with E-state index < -0.39 is 22.5 Å². The van der Waals surface area contributed by atoms with Crippen molar-refractivity contribution >= 4 is 27.6 Å². The van der Waals surface area contributed by atoms with E-state index in [-0.39, 0.29) is 24.0 Å². The number of esters is 1. The zero-order chi connectivity index (χ0) is 22.1. The first-order valence-corrected chi connectivity index (χ1v) is 10.4. The number of nitrogens with zero attached hydrogens (tertiary/aromatic N) is 1. The van der Waals surface area contributed by atoms with Gasteiger partial charge in [0.25, 0.3) is 0 Å². The Kier molecular flexibility index (Phi) is 8.19. The third-order valence-corrected chi connectivity index (χ3v) is 5.73. The third kappa shape index (κ3) is 6.75. The number of amides is 1. The number of sulfonamides is 1. The summed E-state index contributed by atoms with van der Waals surface area (Å²) in [6.07, 6.45) is 0. The summed E-state index contributed by atoms with van der Waals surface area (Å²) < 4.78 is 41.5. The fourth-order valence-corrected chi connectivity index (χ4v) is 3.51. The quantitative estimate of drug-likeness (QED) is 0.447. The Bertz CT molecular complexity index is 958. The predicted octanol–water partition coefficient (Wildman–Crippen LogP) is 1.90. The number of ether oxygens (including phenoxy) is 3. The average molecular weight is 436 g/mol. The van der Waals surface area contributed by atoms with Crippen LogP contribution in [0.15, 0.2) is 53.4 Å². The van der Waals surface area contributed by atoms with Crippen LogP contribution in [0.4, 0.5) is 5.69 Å². The lowest BCUT2D eigenvalue weighted by Gasteiger charge is -2.17. The number of likely N-dealkylation sites (N-methyl/N-ethyl adjacent to an activating group) is 1. The summed E-state index contributed by atoms with van der Waals surface area (Å²) in [5.74, 6) is 0.327. The van der Waals surface area contributed by atoms with Gasteiger partial charge in [0.1, 0.15) is 31.3 Å². The van der Waals surface area contributed by atoms with Crippen molar-refractivity contribution in [2.45, 2.75) is 11.8 Å². The van der Waals surface area contributed by atoms with E-state index in [1.807, 2.05) is 0 Å². The molecule has 0 aliphatic carbocycles. The fourth-order valence-electron chi connectivity index (χ4n) is 2.39. The minimum atomic E-state index is -3.88. The van der Waals surface area contributed by atoms with Crippen molar-refractivity contribution in [1.29, 1.82) is 0 Å². The molecule has 0 radical (unpaired) electrons. The van der Waals surface area contributed by atoms with E-state index in [1.54, 1.807) is 31.4 Å². The van der Waals surface area contributed by atoms with Gasteiger partial charge in [0, 0.05) is 19.7 Å². The summed E-state index contributed by atoms with van der Waals surface area (Å²) in [5.41, 5.74) is 0.473. The lowest BCUT2D eigenvalue weighted by molar-refractivity contribution is -0.144. The van der Waals surface area contributed by atoms with Crippen molar-refractivity contribution in [1.82, 2.24) is 4.31 Å². The molecule has 0 bridgehead atoms. The number of anilines is 1. The maximum Gasteiger partial charge on any atom is 0.321 e. The molecular weight excluding hydrogens is 412 g/mol. The molecule has 0 aliphatic rings. The number of carbonyl (C=O) groups excluding carboxylic acids is 2. The molecule has 0 atom stereocenters. The normalized spacial score (nSPS) is 11.1. The fraction of sp³-hybridized carbons (Fsp3) is 0.300. The number of benzene rings is 2. The highest BCUT2D eigenvalue weighted by molar-refractivity contribution is 7.89. The second kappa shape index (κ2) is 10.6. The molecule has 0 aromatic heterocycles. The molecule has 2 aromatic carbocycles. The topological polar surface area (TPSA) is 111 Å². The smallest absolute Gasteiger partial charge is 0.321 e. The molecule has 1 amide bonds. The Labute approximate surface area is 175 Å². The number of rotatable bonds is 10. The first kappa shape index (κ1) is 23.2. The van der Waals surface area contributed by atoms with E-state index in [0.29, 0.717) is 17.2 Å². The monoisotopic (exact) mass is 436 g/mol. The van der Waals surface area contributed by atoms with Crippen LogP contribution >= 0.6 is 0 Å². The highest BCUT2D eigenvalue weighted by Gasteiger charge is 2.23. The first-order valence-electron chi connectivity index (χ1n) is 8.99. The lowest BCUT2D eigenvalue weighted by Crippen LogP contribution is -2.33. The summed E-state index contributed by atoms with van der Waals surface area (Å²) in [6.45, 7) is 1.01. The predicted molar refractivity (Wildman–Crippen MR) is 110 cm³/mol. The molecule has 0 heterocycles. The highest BCUT2D eigenvalue weighted by atomic mass is 32.2. The van der Waals surface area contributed by atoms with E-state index in [1.165, 1.54) is 38.2 Å². The van der Waals surface area contributed by atoms with Crippen LogP contribution in [0.5, 0.6) is 11.5 Å². The number of hydrogen-bond donors (Lipinski definition) is 1. The standard InChI is InChI=1S/C20H24N2O7S/c1-15(23)21-16-4-10-19(11-5-16)30(25,26)22(2)14-20(24)29-13-12-28-18-8-6-17(27-3)7-9-18/h4-11H,12-14H2,1-3H3,(H,21,23). The maximum atomic E-state index is 12.6. The first-order chi connectivity index (χ1) is 14.2. The van der Waals surface area contributed by atoms with Crippen molar-refractivity contribution in [3.8, 4) is 11.5 Å². The van der Waals surface area contributed by atoms with Crippen LogP contribution < -0.4 is 14.8 Å². The Balaban J connectivity index is 1.81. The molecule has 2 rings (SSSR count). The summed E-state index contributed by atoms with van der Waals surface area (Å²) in [7, 11) is -1.04. The van der Waals surface area contributed by atoms with Gasteiger partial charge in [-0.15, -0.1) is 0 Å². The van der Waals surface area contributed by atoms with E-state index >= 15 is 0 Å². The molecule has 0 saturated heterocycles. The van der Waals surface area contributed by atoms with Crippen LogP contribution in [0, 0.1) is 0 Å². The number of nitrogens with one attached hydrogen (secondary N) is 1. The van der Waals surface area contributed by atoms with E-state index in [9.17, 15) is 18.0 Å². The molecule has 0 spiro atoms. The third-order valence-electron chi connectivity index (χ3n) is 3.91. The average Bonchev–Trinajstić information content (AvgIpc) is 2.71. The van der Waals surface area contributed by atoms with Crippen molar-refractivity contribution < 1.29 is 32.2 Å². The minimum absolute atomic E-state index is 0.00487. The van der Waals surface area contributed by atoms with Crippen LogP contribution in [0.3, 0.4) is 0 Å². The molecular formula is C20H24N2O7S. The molecule has 30 heavy (non-hydrogen) atoms. The molecule has 0 saturated carbocycles. The molecule has 0 unspecified atom stereocenters. The zero-order valence-corrected chi connectivity index (χ0v) is 17.8. The van der Waals surface area contributed by atoms with Gasteiger partial charge < -0.3 is 19.5 Å². The van der Waals surface area contributed by atoms with Crippen LogP contribution in [0.25, 0.3) is 0 Å². The van der Waals surface area contributed by atoms with Crippen molar-refractivity contribution in [2.75, 3.05) is 39.2 Å². The Morgan fingerprint density at radius 3 is 2.13 bits per heavy atom. The molecule has 0 fully saturated rings. The zero-order valence-electron chi connectivity index (χ0n) is 17.0. The minimum Gasteiger partial charge on any atom is -0.497 e. The van der Waals surface area contributed by atoms with Gasteiger partial charge >= 0.3 is 5.97 Å². The van der Waals surface area contributed by atoms with Crippen LogP contribution in [0.1, 0.15) is 6.92 Å².